The van der Waals surface area contributed by atoms with Crippen LogP contribution in [0.3, 0.4) is 0 Å². The first-order valence-corrected chi connectivity index (χ1v) is 56.3. The SMILES string of the molecule is CC(c1csc(-c2ccccc2)n1)C1COc2cc(-c3ccccc3NS(C)(=O)=O)ccc2[C@H]1O.C[C@@H](c1csc(-c2ccccc2)n1)[C@@H]1COc2cc(-c3ccccc3NS(=O)(=O)C(F)(F)F)ccc2[C@@H]1O.C[C@@H](c1csc(-c2ccccc2)n1)[C@@H]1COc2cc(-c3ccccc3NS(=O)(=O)C(F)(F)F)ccc2[C@H]1O.C[C@H](c1csc(-c2ccccc2)n1)[C@H]1COc2cc(-c3ccccc3NS(=O)(=O)C(F)(F)F)ccc2[C@H]1O. The van der Waals surface area contributed by atoms with Gasteiger partial charge in [-0.3, -0.25) is 18.9 Å². The van der Waals surface area contributed by atoms with E-state index in [1.54, 1.807) is 110 Å². The second kappa shape index (κ2) is 44.4. The number of alkyl halides is 9. The smallest absolute Gasteiger partial charge is 0.493 e. The molecule has 0 saturated heterocycles. The van der Waals surface area contributed by atoms with Crippen molar-refractivity contribution >= 4 is 108 Å². The first kappa shape index (κ1) is 107. The monoisotopic (exact) mass is 2190 g/mol. The lowest BCUT2D eigenvalue weighted by Gasteiger charge is -2.34. The summed E-state index contributed by atoms with van der Waals surface area (Å²) in [6.07, 6.45) is -2.15. The lowest BCUT2D eigenvalue weighted by Crippen LogP contribution is -2.30. The van der Waals surface area contributed by atoms with Crippen molar-refractivity contribution in [2.45, 2.75) is 92.3 Å². The van der Waals surface area contributed by atoms with Crippen molar-refractivity contribution in [1.29, 1.82) is 0 Å². The number of nitrogens with one attached hydrogen (secondary N) is 4. The van der Waals surface area contributed by atoms with E-state index in [-0.39, 0.29) is 101 Å². The Kier molecular flexibility index (Phi) is 31.8. The van der Waals surface area contributed by atoms with Crippen molar-refractivity contribution in [2.24, 2.45) is 23.7 Å². The van der Waals surface area contributed by atoms with E-state index in [1.807, 2.05) is 189 Å². The molecule has 8 heterocycles. The number of para-hydroxylation sites is 4. The van der Waals surface area contributed by atoms with E-state index in [4.69, 9.17) is 38.9 Å². The zero-order valence-electron chi connectivity index (χ0n) is 79.4. The van der Waals surface area contributed by atoms with Gasteiger partial charge in [0, 0.05) is 136 Å². The number of halogens is 9. The van der Waals surface area contributed by atoms with E-state index in [2.05, 4.69) is 17.0 Å². The lowest BCUT2D eigenvalue weighted by molar-refractivity contribution is -0.0435. The van der Waals surface area contributed by atoms with Crippen molar-refractivity contribution in [3.05, 3.63) is 358 Å². The molecule has 774 valence electrons. The molecule has 41 heteroatoms. The second-order valence-corrected chi connectivity index (χ2v) is 46.0. The highest BCUT2D eigenvalue weighted by Gasteiger charge is 2.50. The van der Waals surface area contributed by atoms with Crippen LogP contribution in [-0.2, 0) is 40.1 Å². The summed E-state index contributed by atoms with van der Waals surface area (Å²) in [4.78, 5) is 19.1. The largest absolute Gasteiger partial charge is 0.516 e. The third-order valence-corrected chi connectivity index (χ3v) is 33.7. The number of hydrogen-bond acceptors (Lipinski definition) is 24. The Hall–Kier alpha value is -13.4. The number of aromatic nitrogens is 4. The molecule has 0 saturated carbocycles. The molecule has 12 aromatic carbocycles. The molecule has 4 aliphatic heterocycles. The Morgan fingerprint density at radius 1 is 0.282 bits per heavy atom. The molecule has 4 aliphatic rings. The van der Waals surface area contributed by atoms with E-state index in [1.165, 1.54) is 88.6 Å². The van der Waals surface area contributed by atoms with Crippen LogP contribution in [-0.4, -0.2) is 123 Å². The molecule has 0 radical (unpaired) electrons. The first-order valence-electron chi connectivity index (χ1n) is 46.4. The quantitative estimate of drug-likeness (QED) is 0.0261. The number of aliphatic hydroxyl groups excluding tert-OH is 4. The normalized spacial score (nSPS) is 18.3. The average molecular weight is 2190 g/mol. The van der Waals surface area contributed by atoms with E-state index in [9.17, 15) is 93.6 Å². The van der Waals surface area contributed by atoms with Gasteiger partial charge in [-0.25, -0.2) is 28.4 Å². The molecule has 149 heavy (non-hydrogen) atoms. The summed E-state index contributed by atoms with van der Waals surface area (Å²) in [6, 6.07) is 84.3. The van der Waals surface area contributed by atoms with Gasteiger partial charge >= 0.3 is 46.6 Å². The maximum Gasteiger partial charge on any atom is 0.516 e. The van der Waals surface area contributed by atoms with Crippen molar-refractivity contribution in [1.82, 2.24) is 19.9 Å². The predicted octanol–water partition coefficient (Wildman–Crippen LogP) is 25.4. The van der Waals surface area contributed by atoms with E-state index in [0.29, 0.717) is 68.7 Å². The third kappa shape index (κ3) is 24.1. The Bertz CT molecular complexity index is 7420. The van der Waals surface area contributed by atoms with Gasteiger partial charge in [-0.2, -0.15) is 64.8 Å². The summed E-state index contributed by atoms with van der Waals surface area (Å²) >= 11 is 6.21. The zero-order chi connectivity index (χ0) is 106. The summed E-state index contributed by atoms with van der Waals surface area (Å²) < 4.78 is 242. The number of hydrogen-bond donors (Lipinski definition) is 8. The molecule has 2 unspecified atom stereocenters. The van der Waals surface area contributed by atoms with Crippen LogP contribution < -0.4 is 37.8 Å². The number of ether oxygens (including phenoxy) is 4. The molecule has 8 N–H and O–H groups in total. The molecule has 0 aliphatic carbocycles. The molecule has 0 fully saturated rings. The van der Waals surface area contributed by atoms with Gasteiger partial charge in [0.15, 0.2) is 0 Å². The van der Waals surface area contributed by atoms with Gasteiger partial charge in [0.2, 0.25) is 10.0 Å². The zero-order valence-corrected chi connectivity index (χ0v) is 86.0. The highest BCUT2D eigenvalue weighted by Crippen LogP contribution is 2.52. The molecule has 24 nitrogen and oxygen atoms in total. The topological polar surface area (TPSA) is 354 Å². The maximum atomic E-state index is 12.9. The first-order chi connectivity index (χ1) is 70.9. The Morgan fingerprint density at radius 3 is 0.678 bits per heavy atom. The van der Waals surface area contributed by atoms with Crippen LogP contribution >= 0.6 is 45.3 Å². The molecule has 0 bridgehead atoms. The number of aliphatic hydroxyl groups is 4. The minimum absolute atomic E-state index is 0.00576. The number of rotatable bonds is 24. The number of fused-ring (bicyclic) bond motifs is 4. The molecule has 16 aromatic rings. The van der Waals surface area contributed by atoms with E-state index < -0.39 is 81.0 Å². The van der Waals surface area contributed by atoms with Crippen molar-refractivity contribution in [3.8, 4) is 110 Å². The summed E-state index contributed by atoms with van der Waals surface area (Å²) in [7, 11) is -20.2. The van der Waals surface area contributed by atoms with Crippen molar-refractivity contribution < 1.29 is 113 Å². The van der Waals surface area contributed by atoms with Crippen LogP contribution in [0.1, 0.15) is 121 Å². The number of thiazole rings is 4. The predicted molar refractivity (Wildman–Crippen MR) is 561 cm³/mol. The molecular formula is C108H95F9N8O16S8. The fraction of sp³-hybridized carbons (Fsp3) is 0.222. The number of nitrogens with zero attached hydrogens (tertiary/aromatic N) is 4. The van der Waals surface area contributed by atoms with Gasteiger partial charge in [0.1, 0.15) is 43.0 Å². The summed E-state index contributed by atoms with van der Waals surface area (Å²) in [5, 5.41) is 56.5. The van der Waals surface area contributed by atoms with Gasteiger partial charge in [-0.15, -0.1) is 45.3 Å². The van der Waals surface area contributed by atoms with Crippen LogP contribution in [0.5, 0.6) is 23.0 Å². The van der Waals surface area contributed by atoms with Gasteiger partial charge < -0.3 is 39.4 Å². The molecule has 12 atom stereocenters. The molecule has 0 spiro atoms. The lowest BCUT2D eigenvalue weighted by atomic mass is 9.82. The summed E-state index contributed by atoms with van der Waals surface area (Å²) in [5.74, 6) is 0.484. The van der Waals surface area contributed by atoms with Crippen LogP contribution in [0.25, 0.3) is 86.8 Å². The van der Waals surface area contributed by atoms with Crippen LogP contribution in [0.2, 0.25) is 0 Å². The highest BCUT2D eigenvalue weighted by molar-refractivity contribution is 7.94. The fourth-order valence-corrected chi connectivity index (χ4v) is 23.8. The maximum absolute atomic E-state index is 12.9. The second-order valence-electron chi connectivity index (χ2n) is 35.8. The Balaban J connectivity index is 0.000000135. The van der Waals surface area contributed by atoms with Gasteiger partial charge in [-0.1, -0.05) is 270 Å². The minimum Gasteiger partial charge on any atom is -0.493 e. The van der Waals surface area contributed by atoms with Crippen LogP contribution in [0, 0.1) is 23.7 Å². The number of anilines is 4. The number of sulfonamides is 4. The Labute approximate surface area is 869 Å². The fourth-order valence-electron chi connectivity index (χ4n) is 17.8. The minimum atomic E-state index is -5.59. The summed E-state index contributed by atoms with van der Waals surface area (Å²) in [5.41, 5.74) is -2.90. The van der Waals surface area contributed by atoms with Crippen molar-refractivity contribution in [3.63, 3.8) is 0 Å². The van der Waals surface area contributed by atoms with Crippen LogP contribution in [0.15, 0.2) is 313 Å². The average Bonchev–Trinajstić information content (AvgIpc) is 1.41. The van der Waals surface area contributed by atoms with Gasteiger partial charge in [-0.05, 0) is 70.8 Å². The third-order valence-electron chi connectivity index (χ3n) is 26.2. The Morgan fingerprint density at radius 2 is 0.477 bits per heavy atom. The van der Waals surface area contributed by atoms with Crippen molar-refractivity contribution in [2.75, 3.05) is 51.6 Å². The molecule has 0 amide bonds. The van der Waals surface area contributed by atoms with Gasteiger partial charge in [0.05, 0.1) is 103 Å². The van der Waals surface area contributed by atoms with Gasteiger partial charge in [0.25, 0.3) is 0 Å². The molecule has 4 aromatic heterocycles. The summed E-state index contributed by atoms with van der Waals surface area (Å²) in [6.45, 7) is 9.03. The van der Waals surface area contributed by atoms with E-state index >= 15 is 0 Å². The standard InChI is InChI=1S/3C27H23F3N2O4S2.C27H26N2O4S2/c3*1-16(23-15-37-26(31-23)17-7-3-2-4-8-17)21-14-36-24-13-18(11-12-20(24)25(21)33)19-9-5-6-10-22(19)32-38(34,35)27(28,29)30;1-17(24-16-34-27(28-24)18-8-4-3-5-9-18)22-15-33-25-14-19(12-13-21(25)26(22)30)20-10-6-7-11-23(20)29-35(2,31)32/h3*2-13,15-16,21,25,32-33H,14H2,1H3;3-14,16-17,22,26,29-30H,15H2,1-2H3/t2*16-,21+,25+;16-,21+,25-;17?,22?,26-/m1011/s1. The van der Waals surface area contributed by atoms with Crippen LogP contribution in [0.4, 0.5) is 62.3 Å². The number of benzene rings is 12. The highest BCUT2D eigenvalue weighted by atomic mass is 32.2. The molecule has 20 rings (SSSR count). The van der Waals surface area contributed by atoms with E-state index in [0.717, 1.165) is 88.0 Å². The molecular weight excluding hydrogens is 2090 g/mol.